The maximum atomic E-state index is 12.6. The number of carbonyl (C=O) groups is 1. The quantitative estimate of drug-likeness (QED) is 0.802. The van der Waals surface area contributed by atoms with Crippen LogP contribution in [0.2, 0.25) is 0 Å². The molecule has 1 aromatic heterocycles. The van der Waals surface area contributed by atoms with Crippen molar-refractivity contribution >= 4 is 21.4 Å². The van der Waals surface area contributed by atoms with Crippen molar-refractivity contribution in [2.24, 2.45) is 0 Å². The molecule has 1 amide bonds. The van der Waals surface area contributed by atoms with Crippen LogP contribution in [0.5, 0.6) is 0 Å². The topological polar surface area (TPSA) is 70.8 Å². The molecule has 1 aliphatic rings. The molecule has 0 spiro atoms. The maximum absolute atomic E-state index is 12.6. The van der Waals surface area contributed by atoms with Crippen LogP contribution >= 0.6 is 0 Å². The summed E-state index contributed by atoms with van der Waals surface area (Å²) >= 11 is 0. The molecule has 0 aliphatic carbocycles. The fourth-order valence-electron chi connectivity index (χ4n) is 3.21. The van der Waals surface area contributed by atoms with E-state index in [0.29, 0.717) is 37.3 Å². The number of nitrogens with zero attached hydrogens (tertiary/aromatic N) is 2. The molecule has 0 N–H and O–H groups in total. The van der Waals surface area contributed by atoms with Gasteiger partial charge in [0.05, 0.1) is 11.5 Å². The van der Waals surface area contributed by atoms with Crippen LogP contribution in [0.3, 0.4) is 0 Å². The molecule has 140 valence electrons. The molecule has 2 heterocycles. The Balaban J connectivity index is 1.60. The summed E-state index contributed by atoms with van der Waals surface area (Å²) < 4.78 is 30.2. The summed E-state index contributed by atoms with van der Waals surface area (Å²) in [4.78, 5) is 16.4. The maximum Gasteiger partial charge on any atom is 0.253 e. The van der Waals surface area contributed by atoms with E-state index < -0.39 is 15.1 Å². The van der Waals surface area contributed by atoms with Crippen molar-refractivity contribution in [3.8, 4) is 0 Å². The van der Waals surface area contributed by atoms with Gasteiger partial charge in [0.15, 0.2) is 9.84 Å². The summed E-state index contributed by atoms with van der Waals surface area (Å²) in [6.45, 7) is 0.909. The van der Waals surface area contributed by atoms with E-state index in [0.717, 1.165) is 5.69 Å². The van der Waals surface area contributed by atoms with E-state index in [1.807, 2.05) is 43.3 Å². The molecule has 0 atom stereocenters. The van der Waals surface area contributed by atoms with Crippen LogP contribution in [-0.4, -0.2) is 51.7 Å². The third-order valence-electron chi connectivity index (χ3n) is 4.79. The zero-order valence-electron chi connectivity index (χ0n) is 15.1. The first-order valence-electron chi connectivity index (χ1n) is 8.67. The average Bonchev–Trinajstić information content (AvgIpc) is 3.13. The van der Waals surface area contributed by atoms with Gasteiger partial charge in [0, 0.05) is 38.4 Å². The lowest BCUT2D eigenvalue weighted by Crippen LogP contribution is -2.42. The number of piperidine rings is 1. The number of benzene rings is 1. The van der Waals surface area contributed by atoms with Crippen LogP contribution < -0.4 is 4.90 Å². The molecule has 1 fully saturated rings. The van der Waals surface area contributed by atoms with Crippen LogP contribution in [0.1, 0.15) is 29.0 Å². The Morgan fingerprint density at radius 2 is 1.81 bits per heavy atom. The molecule has 6 nitrogen and oxygen atoms in total. The van der Waals surface area contributed by atoms with Crippen molar-refractivity contribution in [1.29, 1.82) is 0 Å². The van der Waals surface area contributed by atoms with Crippen LogP contribution in [0.25, 0.3) is 0 Å². The Bertz CT molecular complexity index is 834. The number of anilines is 1. The number of furan rings is 1. The lowest BCUT2D eigenvalue weighted by Gasteiger charge is -2.31. The molecular weight excluding hydrogens is 352 g/mol. The third-order valence-corrected chi connectivity index (χ3v) is 6.97. The highest BCUT2D eigenvalue weighted by Crippen LogP contribution is 2.23. The lowest BCUT2D eigenvalue weighted by molar-refractivity contribution is 0.0725. The first-order chi connectivity index (χ1) is 12.4. The van der Waals surface area contributed by atoms with E-state index in [9.17, 15) is 13.2 Å². The van der Waals surface area contributed by atoms with Crippen molar-refractivity contribution < 1.29 is 17.6 Å². The number of rotatable bonds is 5. The fraction of sp³-hybridized carbons (Fsp3) is 0.421. The largest absolute Gasteiger partial charge is 0.468 e. The molecule has 1 aromatic carbocycles. The highest BCUT2D eigenvalue weighted by atomic mass is 32.2. The second kappa shape index (κ2) is 7.53. The van der Waals surface area contributed by atoms with Crippen LogP contribution in [-0.2, 0) is 15.6 Å². The molecule has 0 bridgehead atoms. The predicted molar refractivity (Wildman–Crippen MR) is 101 cm³/mol. The van der Waals surface area contributed by atoms with E-state index in [1.165, 1.54) is 6.26 Å². The number of sulfone groups is 1. The SMILES string of the molecule is CN(C)c1ccc(C(=O)N2CCC(S(=O)(=O)Cc3ccco3)CC2)cc1. The van der Waals surface area contributed by atoms with E-state index in [4.69, 9.17) is 4.42 Å². The molecule has 1 aliphatic heterocycles. The lowest BCUT2D eigenvalue weighted by atomic mass is 10.1. The second-order valence-electron chi connectivity index (χ2n) is 6.82. The Morgan fingerprint density at radius 3 is 2.35 bits per heavy atom. The van der Waals surface area contributed by atoms with Gasteiger partial charge in [-0.2, -0.15) is 0 Å². The molecule has 7 heteroatoms. The van der Waals surface area contributed by atoms with E-state index in [1.54, 1.807) is 17.0 Å². The molecule has 0 saturated carbocycles. The first-order valence-corrected chi connectivity index (χ1v) is 10.4. The second-order valence-corrected chi connectivity index (χ2v) is 9.10. The zero-order valence-corrected chi connectivity index (χ0v) is 15.9. The van der Waals surface area contributed by atoms with Crippen LogP contribution in [0.15, 0.2) is 47.1 Å². The Labute approximate surface area is 154 Å². The minimum absolute atomic E-state index is 0.0443. The summed E-state index contributed by atoms with van der Waals surface area (Å²) in [5, 5.41) is -0.423. The van der Waals surface area contributed by atoms with Gasteiger partial charge in [0.1, 0.15) is 11.5 Å². The van der Waals surface area contributed by atoms with Gasteiger partial charge in [0.2, 0.25) is 0 Å². The number of hydrogen-bond donors (Lipinski definition) is 0. The Kier molecular flexibility index (Phi) is 5.36. The molecule has 0 radical (unpaired) electrons. The van der Waals surface area contributed by atoms with E-state index in [-0.39, 0.29) is 11.7 Å². The molecule has 3 rings (SSSR count). The first kappa shape index (κ1) is 18.5. The third kappa shape index (κ3) is 4.09. The van der Waals surface area contributed by atoms with Crippen molar-refractivity contribution in [2.45, 2.75) is 23.8 Å². The Hall–Kier alpha value is -2.28. The number of likely N-dealkylation sites (tertiary alicyclic amines) is 1. The highest BCUT2D eigenvalue weighted by Gasteiger charge is 2.32. The van der Waals surface area contributed by atoms with E-state index >= 15 is 0 Å². The zero-order chi connectivity index (χ0) is 18.7. The molecule has 26 heavy (non-hydrogen) atoms. The standard InChI is InChI=1S/C19H24N2O4S/c1-20(2)16-7-5-15(6-8-16)19(22)21-11-9-18(10-12-21)26(23,24)14-17-4-3-13-25-17/h3-8,13,18H,9-12,14H2,1-2H3. The van der Waals surface area contributed by atoms with Gasteiger partial charge in [-0.15, -0.1) is 0 Å². The average molecular weight is 376 g/mol. The highest BCUT2D eigenvalue weighted by molar-refractivity contribution is 7.91. The smallest absolute Gasteiger partial charge is 0.253 e. The van der Waals surface area contributed by atoms with Crippen molar-refractivity contribution in [3.63, 3.8) is 0 Å². The summed E-state index contributed by atoms with van der Waals surface area (Å²) in [7, 11) is 0.626. The number of hydrogen-bond acceptors (Lipinski definition) is 5. The Morgan fingerprint density at radius 1 is 1.15 bits per heavy atom. The van der Waals surface area contributed by atoms with Gasteiger partial charge in [-0.05, 0) is 49.2 Å². The van der Waals surface area contributed by atoms with Gasteiger partial charge in [-0.3, -0.25) is 4.79 Å². The van der Waals surface area contributed by atoms with Gasteiger partial charge in [-0.1, -0.05) is 0 Å². The number of carbonyl (C=O) groups excluding carboxylic acids is 1. The van der Waals surface area contributed by atoms with Crippen LogP contribution in [0, 0.1) is 0 Å². The predicted octanol–water partition coefficient (Wildman–Crippen LogP) is 2.57. The summed E-state index contributed by atoms with van der Waals surface area (Å²) in [6.07, 6.45) is 2.41. The van der Waals surface area contributed by atoms with Crippen molar-refractivity contribution in [2.75, 3.05) is 32.1 Å². The summed E-state index contributed by atoms with van der Waals surface area (Å²) in [5.41, 5.74) is 1.66. The molecule has 1 saturated heterocycles. The molecule has 2 aromatic rings. The minimum Gasteiger partial charge on any atom is -0.468 e. The monoisotopic (exact) mass is 376 g/mol. The van der Waals surface area contributed by atoms with Crippen LogP contribution in [0.4, 0.5) is 5.69 Å². The van der Waals surface area contributed by atoms with Gasteiger partial charge >= 0.3 is 0 Å². The fourth-order valence-corrected chi connectivity index (χ4v) is 4.94. The number of amides is 1. The minimum atomic E-state index is -3.27. The van der Waals surface area contributed by atoms with E-state index in [2.05, 4.69) is 0 Å². The van der Waals surface area contributed by atoms with Gasteiger partial charge in [-0.25, -0.2) is 8.42 Å². The molecular formula is C19H24N2O4S. The summed E-state index contributed by atoms with van der Waals surface area (Å²) in [6, 6.07) is 10.8. The van der Waals surface area contributed by atoms with Crippen molar-refractivity contribution in [3.05, 3.63) is 54.0 Å². The van der Waals surface area contributed by atoms with Crippen molar-refractivity contribution in [1.82, 2.24) is 4.90 Å². The van der Waals surface area contributed by atoms with Gasteiger partial charge < -0.3 is 14.2 Å². The van der Waals surface area contributed by atoms with Gasteiger partial charge in [0.25, 0.3) is 5.91 Å². The normalized spacial score (nSPS) is 15.8. The summed E-state index contributed by atoms with van der Waals surface area (Å²) in [5.74, 6) is 0.339. The molecule has 0 unspecified atom stereocenters.